The van der Waals surface area contributed by atoms with Gasteiger partial charge < -0.3 is 25.3 Å². The van der Waals surface area contributed by atoms with Crippen molar-refractivity contribution in [2.45, 2.75) is 12.5 Å². The van der Waals surface area contributed by atoms with E-state index in [9.17, 15) is 18.9 Å². The fraction of sp³-hybridized carbons (Fsp3) is 0.500. The second-order valence-corrected chi connectivity index (χ2v) is 4.52. The van der Waals surface area contributed by atoms with Crippen LogP contribution in [0.2, 0.25) is 0 Å². The van der Waals surface area contributed by atoms with Gasteiger partial charge in [0.15, 0.2) is 0 Å². The monoisotopic (exact) mass is 278 g/mol. The summed E-state index contributed by atoms with van der Waals surface area (Å²) in [6.07, 6.45) is -2.06. The summed E-state index contributed by atoms with van der Waals surface area (Å²) in [5.74, 6) is -4.27. The summed E-state index contributed by atoms with van der Waals surface area (Å²) in [6, 6.07) is -1.71. The molecular formula is C6H10NNaO8P. The standard InChI is InChI=1S/C6H10NO8P.Na/c8-4(2-16(13,14)15)7-3(6(11)12)1-5(9)10;/h3H,1-2H2,(H,7,8)(H,9,10)(H,11,12)(H2,13,14,15);/t3-;/m0./s1. The minimum Gasteiger partial charge on any atom is -0.481 e. The van der Waals surface area contributed by atoms with Gasteiger partial charge in [-0.05, 0) is 0 Å². The average Bonchev–Trinajstić information content (AvgIpc) is 1.97. The molecule has 0 aliphatic rings. The fourth-order valence-electron chi connectivity index (χ4n) is 0.802. The molecule has 0 saturated heterocycles. The number of hydrogen-bond acceptors (Lipinski definition) is 4. The number of nitrogens with one attached hydrogen (secondary N) is 1. The zero-order valence-electron chi connectivity index (χ0n) is 8.86. The zero-order valence-corrected chi connectivity index (χ0v) is 11.8. The fourth-order valence-corrected chi connectivity index (χ4v) is 1.27. The number of aliphatic carboxylic acids is 2. The maximum absolute atomic E-state index is 10.9. The number of carboxylic acids is 2. The summed E-state index contributed by atoms with van der Waals surface area (Å²) in [5, 5.41) is 18.5. The molecular weight excluding hydrogens is 268 g/mol. The third kappa shape index (κ3) is 10.4. The van der Waals surface area contributed by atoms with Crippen molar-refractivity contribution in [3.05, 3.63) is 0 Å². The van der Waals surface area contributed by atoms with Gasteiger partial charge in [0.05, 0.1) is 6.42 Å². The van der Waals surface area contributed by atoms with Crippen LogP contribution < -0.4 is 5.32 Å². The van der Waals surface area contributed by atoms with Gasteiger partial charge in [-0.1, -0.05) is 0 Å². The molecule has 0 aromatic heterocycles. The van der Waals surface area contributed by atoms with Gasteiger partial charge in [-0.15, -0.1) is 0 Å². The second kappa shape index (κ2) is 7.80. The largest absolute Gasteiger partial charge is 0.481 e. The molecule has 0 aromatic carbocycles. The van der Waals surface area contributed by atoms with Crippen LogP contribution in [0.5, 0.6) is 0 Å². The van der Waals surface area contributed by atoms with Gasteiger partial charge in [-0.25, -0.2) is 4.79 Å². The van der Waals surface area contributed by atoms with E-state index >= 15 is 0 Å². The number of carbonyl (C=O) groups excluding carboxylic acids is 1. The minimum absolute atomic E-state index is 0. The molecule has 0 unspecified atom stereocenters. The molecule has 0 bridgehead atoms. The van der Waals surface area contributed by atoms with Crippen LogP contribution in [0, 0.1) is 0 Å². The van der Waals surface area contributed by atoms with E-state index in [1.807, 2.05) is 0 Å². The van der Waals surface area contributed by atoms with Gasteiger partial charge in [0.2, 0.25) is 5.91 Å². The molecule has 0 fully saturated rings. The molecule has 0 aromatic rings. The van der Waals surface area contributed by atoms with Crippen LogP contribution >= 0.6 is 7.60 Å². The molecule has 9 nitrogen and oxygen atoms in total. The Kier molecular flexibility index (Phi) is 8.68. The van der Waals surface area contributed by atoms with E-state index in [-0.39, 0.29) is 29.6 Å². The molecule has 0 heterocycles. The maximum Gasteiger partial charge on any atom is 0.334 e. The smallest absolute Gasteiger partial charge is 0.334 e. The van der Waals surface area contributed by atoms with E-state index in [4.69, 9.17) is 20.0 Å². The molecule has 0 aliphatic heterocycles. The Morgan fingerprint density at radius 1 is 1.18 bits per heavy atom. The molecule has 1 radical (unpaired) electrons. The van der Waals surface area contributed by atoms with Crippen LogP contribution in [-0.4, -0.2) is 79.6 Å². The third-order valence-corrected chi connectivity index (χ3v) is 2.06. The summed E-state index contributed by atoms with van der Waals surface area (Å²) >= 11 is 0. The van der Waals surface area contributed by atoms with E-state index in [0.717, 1.165) is 0 Å². The van der Waals surface area contributed by atoms with Crippen molar-refractivity contribution in [2.75, 3.05) is 6.16 Å². The number of rotatable bonds is 6. The van der Waals surface area contributed by atoms with Crippen molar-refractivity contribution in [3.63, 3.8) is 0 Å². The number of hydrogen-bond donors (Lipinski definition) is 5. The normalized spacial score (nSPS) is 12.1. The van der Waals surface area contributed by atoms with Crippen molar-refractivity contribution >= 4 is 55.0 Å². The second-order valence-electron chi connectivity index (χ2n) is 2.88. The van der Waals surface area contributed by atoms with Crippen molar-refractivity contribution < 1.29 is 38.9 Å². The SMILES string of the molecule is O=C(O)C[C@H](NC(=O)CP(=O)(O)O)C(=O)O.[Na]. The maximum atomic E-state index is 10.9. The molecule has 0 spiro atoms. The van der Waals surface area contributed by atoms with Crippen LogP contribution in [0.3, 0.4) is 0 Å². The van der Waals surface area contributed by atoms with Gasteiger partial charge in [0.1, 0.15) is 12.2 Å². The molecule has 1 amide bonds. The van der Waals surface area contributed by atoms with Crippen molar-refractivity contribution in [1.82, 2.24) is 5.32 Å². The summed E-state index contributed by atoms with van der Waals surface area (Å²) in [5.41, 5.74) is 0. The third-order valence-electron chi connectivity index (χ3n) is 1.36. The summed E-state index contributed by atoms with van der Waals surface area (Å²) in [7, 11) is -4.59. The van der Waals surface area contributed by atoms with Gasteiger partial charge in [-0.2, -0.15) is 0 Å². The van der Waals surface area contributed by atoms with E-state index in [1.54, 1.807) is 5.32 Å². The Labute approximate surface area is 118 Å². The molecule has 0 saturated carbocycles. The molecule has 5 N–H and O–H groups in total. The van der Waals surface area contributed by atoms with Crippen molar-refractivity contribution in [2.24, 2.45) is 0 Å². The van der Waals surface area contributed by atoms with E-state index in [2.05, 4.69) is 0 Å². The molecule has 1 atom stereocenters. The predicted molar refractivity (Wildman–Crippen MR) is 54.5 cm³/mol. The summed E-state index contributed by atoms with van der Waals surface area (Å²) < 4.78 is 10.4. The molecule has 93 valence electrons. The number of carboxylic acid groups (broad SMARTS) is 2. The summed E-state index contributed by atoms with van der Waals surface area (Å²) in [4.78, 5) is 48.4. The van der Waals surface area contributed by atoms with Crippen LogP contribution in [0.25, 0.3) is 0 Å². The molecule has 0 aliphatic carbocycles. The Morgan fingerprint density at radius 2 is 1.65 bits per heavy atom. The van der Waals surface area contributed by atoms with E-state index in [1.165, 1.54) is 0 Å². The first-order valence-corrected chi connectivity index (χ1v) is 5.70. The Balaban J connectivity index is 0. The minimum atomic E-state index is -4.59. The van der Waals surface area contributed by atoms with Gasteiger partial charge in [0.25, 0.3) is 0 Å². The Bertz CT molecular complexity index is 352. The molecule has 11 heteroatoms. The van der Waals surface area contributed by atoms with Crippen molar-refractivity contribution in [1.29, 1.82) is 0 Å². The van der Waals surface area contributed by atoms with Crippen LogP contribution in [0.1, 0.15) is 6.42 Å². The number of amides is 1. The number of carbonyl (C=O) groups is 3. The molecule has 0 rings (SSSR count). The first-order valence-electron chi connectivity index (χ1n) is 3.90. The van der Waals surface area contributed by atoms with E-state index < -0.39 is 44.1 Å². The Hall–Kier alpha value is -0.440. The summed E-state index contributed by atoms with van der Waals surface area (Å²) in [6.45, 7) is 0. The van der Waals surface area contributed by atoms with Crippen molar-refractivity contribution in [3.8, 4) is 0 Å². The molecule has 17 heavy (non-hydrogen) atoms. The van der Waals surface area contributed by atoms with Gasteiger partial charge >= 0.3 is 19.5 Å². The van der Waals surface area contributed by atoms with Crippen LogP contribution in [0.15, 0.2) is 0 Å². The van der Waals surface area contributed by atoms with Crippen LogP contribution in [0.4, 0.5) is 0 Å². The predicted octanol–water partition coefficient (Wildman–Crippen LogP) is -2.17. The first-order chi connectivity index (χ1) is 7.11. The zero-order chi connectivity index (χ0) is 12.9. The average molecular weight is 278 g/mol. The van der Waals surface area contributed by atoms with Gasteiger partial charge in [0, 0.05) is 29.6 Å². The van der Waals surface area contributed by atoms with Crippen LogP contribution in [-0.2, 0) is 18.9 Å². The Morgan fingerprint density at radius 3 is 1.94 bits per heavy atom. The quantitative estimate of drug-likeness (QED) is 0.271. The topological polar surface area (TPSA) is 161 Å². The van der Waals surface area contributed by atoms with Gasteiger partial charge in [-0.3, -0.25) is 14.2 Å². The van der Waals surface area contributed by atoms with E-state index in [0.29, 0.717) is 0 Å². The first kappa shape index (κ1) is 18.9.